The average molecular weight is 202 g/mol. The number of hydrogen-bond acceptors (Lipinski definition) is 5. The lowest BCUT2D eigenvalue weighted by Crippen LogP contribution is -2.19. The first kappa shape index (κ1) is 13.1. The minimum Gasteiger partial charge on any atom is -0.395 e. The van der Waals surface area contributed by atoms with Crippen molar-refractivity contribution >= 4 is 12.4 Å². The summed E-state index contributed by atoms with van der Waals surface area (Å²) in [5.41, 5.74) is 10.7. The van der Waals surface area contributed by atoms with Gasteiger partial charge in [-0.15, -0.1) is 0 Å². The summed E-state index contributed by atoms with van der Waals surface area (Å²) in [6, 6.07) is 0. The number of esters is 1. The van der Waals surface area contributed by atoms with Crippen molar-refractivity contribution in [2.75, 3.05) is 13.1 Å². The van der Waals surface area contributed by atoms with Gasteiger partial charge in [-0.05, 0) is 38.8 Å². The molecule has 82 valence electrons. The fourth-order valence-electron chi connectivity index (χ4n) is 1.25. The van der Waals surface area contributed by atoms with Crippen molar-refractivity contribution in [1.82, 2.24) is 0 Å². The maximum absolute atomic E-state index is 11.2. The van der Waals surface area contributed by atoms with Gasteiger partial charge in [-0.3, -0.25) is 9.59 Å². The molecule has 0 amide bonds. The van der Waals surface area contributed by atoms with Gasteiger partial charge in [0.15, 0.2) is 0 Å². The van der Waals surface area contributed by atoms with Crippen molar-refractivity contribution in [1.29, 1.82) is 0 Å². The molecule has 0 saturated heterocycles. The van der Waals surface area contributed by atoms with Crippen LogP contribution in [0.1, 0.15) is 25.7 Å². The molecule has 0 saturated carbocycles. The van der Waals surface area contributed by atoms with Crippen molar-refractivity contribution < 1.29 is 14.3 Å². The zero-order valence-corrected chi connectivity index (χ0v) is 8.28. The highest BCUT2D eigenvalue weighted by atomic mass is 16.6. The van der Waals surface area contributed by atoms with Crippen molar-refractivity contribution in [2.45, 2.75) is 25.7 Å². The fourth-order valence-corrected chi connectivity index (χ4v) is 1.25. The second-order valence-corrected chi connectivity index (χ2v) is 3.09. The maximum atomic E-state index is 11.2. The topological polar surface area (TPSA) is 95.4 Å². The second-order valence-electron chi connectivity index (χ2n) is 3.09. The monoisotopic (exact) mass is 202 g/mol. The summed E-state index contributed by atoms with van der Waals surface area (Å²) in [7, 11) is 0. The number of rotatable bonds is 8. The summed E-state index contributed by atoms with van der Waals surface area (Å²) in [6.07, 6.45) is 2.82. The van der Waals surface area contributed by atoms with E-state index in [0.717, 1.165) is 12.8 Å². The molecule has 0 aliphatic carbocycles. The molecule has 14 heavy (non-hydrogen) atoms. The van der Waals surface area contributed by atoms with Crippen LogP contribution in [-0.4, -0.2) is 25.5 Å². The Morgan fingerprint density at radius 2 is 1.71 bits per heavy atom. The quantitative estimate of drug-likeness (QED) is 0.322. The summed E-state index contributed by atoms with van der Waals surface area (Å²) < 4.78 is 4.30. The van der Waals surface area contributed by atoms with E-state index in [4.69, 9.17) is 11.5 Å². The maximum Gasteiger partial charge on any atom is 0.316 e. The minimum absolute atomic E-state index is 0.167. The van der Waals surface area contributed by atoms with E-state index >= 15 is 0 Å². The highest BCUT2D eigenvalue weighted by molar-refractivity contribution is 5.78. The first-order valence-electron chi connectivity index (χ1n) is 4.80. The molecule has 4 N–H and O–H groups in total. The second kappa shape index (κ2) is 8.65. The zero-order chi connectivity index (χ0) is 10.8. The number of hydrogen-bond donors (Lipinski definition) is 2. The van der Waals surface area contributed by atoms with Gasteiger partial charge < -0.3 is 16.2 Å². The van der Waals surface area contributed by atoms with Crippen molar-refractivity contribution in [3.8, 4) is 0 Å². The van der Waals surface area contributed by atoms with Gasteiger partial charge in [0.1, 0.15) is 0 Å². The SMILES string of the molecule is NCCCC(CCCN)C(=O)OC=O. The van der Waals surface area contributed by atoms with Crippen LogP contribution >= 0.6 is 0 Å². The van der Waals surface area contributed by atoms with Crippen molar-refractivity contribution in [3.63, 3.8) is 0 Å². The lowest BCUT2D eigenvalue weighted by atomic mass is 9.98. The van der Waals surface area contributed by atoms with E-state index in [0.29, 0.717) is 25.9 Å². The number of nitrogens with two attached hydrogens (primary N) is 2. The van der Waals surface area contributed by atoms with Crippen molar-refractivity contribution in [2.24, 2.45) is 17.4 Å². The largest absolute Gasteiger partial charge is 0.395 e. The fraction of sp³-hybridized carbons (Fsp3) is 0.778. The van der Waals surface area contributed by atoms with Crippen molar-refractivity contribution in [3.05, 3.63) is 0 Å². The highest BCUT2D eigenvalue weighted by Crippen LogP contribution is 2.14. The molecular weight excluding hydrogens is 184 g/mol. The van der Waals surface area contributed by atoms with E-state index in [9.17, 15) is 9.59 Å². The van der Waals surface area contributed by atoms with Gasteiger partial charge in [0, 0.05) is 0 Å². The molecule has 0 aromatic carbocycles. The Morgan fingerprint density at radius 1 is 1.21 bits per heavy atom. The number of carbonyl (C=O) groups excluding carboxylic acids is 2. The van der Waals surface area contributed by atoms with Gasteiger partial charge in [0.2, 0.25) is 0 Å². The smallest absolute Gasteiger partial charge is 0.316 e. The Balaban J connectivity index is 3.93. The minimum atomic E-state index is -0.470. The molecule has 0 fully saturated rings. The van der Waals surface area contributed by atoms with E-state index in [-0.39, 0.29) is 12.4 Å². The van der Waals surface area contributed by atoms with Crippen LogP contribution in [0.25, 0.3) is 0 Å². The van der Waals surface area contributed by atoms with Crippen LogP contribution < -0.4 is 11.5 Å². The van der Waals surface area contributed by atoms with Crippen LogP contribution in [0.3, 0.4) is 0 Å². The molecule has 0 radical (unpaired) electrons. The number of carbonyl (C=O) groups is 2. The van der Waals surface area contributed by atoms with E-state index in [1.54, 1.807) is 0 Å². The molecule has 0 spiro atoms. The molecule has 0 heterocycles. The van der Waals surface area contributed by atoms with E-state index in [2.05, 4.69) is 4.74 Å². The van der Waals surface area contributed by atoms with Gasteiger partial charge in [0.25, 0.3) is 0 Å². The third-order valence-corrected chi connectivity index (χ3v) is 2.01. The Hall–Kier alpha value is -0.940. The summed E-state index contributed by atoms with van der Waals surface area (Å²) in [6.45, 7) is 1.24. The third kappa shape index (κ3) is 5.66. The van der Waals surface area contributed by atoms with Gasteiger partial charge in [0.05, 0.1) is 5.92 Å². The zero-order valence-electron chi connectivity index (χ0n) is 8.28. The molecule has 0 bridgehead atoms. The highest BCUT2D eigenvalue weighted by Gasteiger charge is 2.18. The van der Waals surface area contributed by atoms with E-state index < -0.39 is 5.97 Å². The molecule has 5 heteroatoms. The van der Waals surface area contributed by atoms with E-state index in [1.807, 2.05) is 0 Å². The Bertz CT molecular complexity index is 165. The molecule has 5 nitrogen and oxygen atoms in total. The first-order valence-corrected chi connectivity index (χ1v) is 4.80. The van der Waals surface area contributed by atoms with Gasteiger partial charge in [-0.25, -0.2) is 0 Å². The average Bonchev–Trinajstić information content (AvgIpc) is 2.18. The molecule has 0 aliphatic heterocycles. The Morgan fingerprint density at radius 3 is 2.07 bits per heavy atom. The molecule has 0 atom stereocenters. The third-order valence-electron chi connectivity index (χ3n) is 2.01. The lowest BCUT2D eigenvalue weighted by Gasteiger charge is -2.12. The predicted octanol–water partition coefficient (Wildman–Crippen LogP) is -0.220. The number of ether oxygens (including phenoxy) is 1. The molecule has 0 aromatic heterocycles. The first-order chi connectivity index (χ1) is 6.76. The summed E-state index contributed by atoms with van der Waals surface area (Å²) in [5, 5.41) is 0. The summed E-state index contributed by atoms with van der Waals surface area (Å²) in [5.74, 6) is -0.714. The van der Waals surface area contributed by atoms with Gasteiger partial charge in [-0.2, -0.15) is 0 Å². The van der Waals surface area contributed by atoms with Crippen LogP contribution in [-0.2, 0) is 14.3 Å². The Labute approximate surface area is 83.8 Å². The molecular formula is C9H18N2O3. The van der Waals surface area contributed by atoms with Gasteiger partial charge >= 0.3 is 12.4 Å². The summed E-state index contributed by atoms with van der Waals surface area (Å²) in [4.78, 5) is 21.2. The standard InChI is InChI=1S/C9H18N2O3/c10-5-1-3-8(4-2-6-11)9(13)14-7-12/h7-8H,1-6,10-11H2. The summed E-state index contributed by atoms with van der Waals surface area (Å²) >= 11 is 0. The normalized spacial score (nSPS) is 10.2. The van der Waals surface area contributed by atoms with E-state index in [1.165, 1.54) is 0 Å². The molecule has 0 aromatic rings. The molecule has 0 rings (SSSR count). The van der Waals surface area contributed by atoms with Crippen LogP contribution in [0.5, 0.6) is 0 Å². The van der Waals surface area contributed by atoms with Gasteiger partial charge in [-0.1, -0.05) is 0 Å². The Kier molecular flexibility index (Phi) is 8.07. The molecule has 0 aliphatic rings. The van der Waals surface area contributed by atoms with Crippen LogP contribution in [0.2, 0.25) is 0 Å². The molecule has 0 unspecified atom stereocenters. The lowest BCUT2D eigenvalue weighted by molar-refractivity contribution is -0.155. The van der Waals surface area contributed by atoms with Crippen LogP contribution in [0.4, 0.5) is 0 Å². The van der Waals surface area contributed by atoms with Crippen LogP contribution in [0, 0.1) is 5.92 Å². The van der Waals surface area contributed by atoms with Crippen LogP contribution in [0.15, 0.2) is 0 Å². The predicted molar refractivity (Wildman–Crippen MR) is 52.2 cm³/mol.